The van der Waals surface area contributed by atoms with Gasteiger partial charge in [0.1, 0.15) is 6.61 Å². The van der Waals surface area contributed by atoms with Gasteiger partial charge in [0, 0.05) is 31.7 Å². The Labute approximate surface area is 95.8 Å². The Balaban J connectivity index is 1.80. The summed E-state index contributed by atoms with van der Waals surface area (Å²) in [4.78, 5) is 4.84. The zero-order chi connectivity index (χ0) is 11.1. The molecule has 0 spiro atoms. The van der Waals surface area contributed by atoms with Crippen molar-refractivity contribution in [1.82, 2.24) is 4.90 Å². The monoisotopic (exact) mass is 222 g/mol. The predicted octanol–water partition coefficient (Wildman–Crippen LogP) is 1.57. The van der Waals surface area contributed by atoms with E-state index in [2.05, 4.69) is 23.6 Å². The third kappa shape index (κ3) is 1.48. The molecule has 3 heterocycles. The lowest BCUT2D eigenvalue weighted by molar-refractivity contribution is 0.137. The highest BCUT2D eigenvalue weighted by molar-refractivity contribution is 5.53. The lowest BCUT2D eigenvalue weighted by Crippen LogP contribution is -2.58. The molecule has 0 radical (unpaired) electrons. The normalized spacial score (nSPS) is 25.2. The van der Waals surface area contributed by atoms with Crippen LogP contribution in [-0.2, 0) is 0 Å². The van der Waals surface area contributed by atoms with Crippen molar-refractivity contribution in [3.05, 3.63) is 12.3 Å². The van der Waals surface area contributed by atoms with Gasteiger partial charge in [0.05, 0.1) is 12.3 Å². The maximum atomic E-state index is 5.70. The van der Waals surface area contributed by atoms with Crippen LogP contribution in [0, 0.1) is 0 Å². The number of anilines is 1. The highest BCUT2D eigenvalue weighted by Crippen LogP contribution is 2.36. The van der Waals surface area contributed by atoms with Crippen LogP contribution in [0.5, 0.6) is 5.75 Å². The van der Waals surface area contributed by atoms with E-state index in [0.29, 0.717) is 12.1 Å². The Morgan fingerprint density at radius 1 is 1.38 bits per heavy atom. The molecule has 4 nitrogen and oxygen atoms in total. The van der Waals surface area contributed by atoms with Crippen molar-refractivity contribution < 1.29 is 9.15 Å². The maximum absolute atomic E-state index is 5.70. The standard InChI is InChI=1S/C12H18N2O2/c1-9(2)13-4-5-14-10(7-13)8-16-11-3-6-15-12(11)14/h3,6,9-10H,4-5,7-8H2,1-2H3/t10-/m1/s1. The van der Waals surface area contributed by atoms with Crippen LogP contribution in [-0.4, -0.2) is 43.2 Å². The first-order valence-corrected chi connectivity index (χ1v) is 5.96. The molecule has 16 heavy (non-hydrogen) atoms. The molecule has 0 unspecified atom stereocenters. The minimum Gasteiger partial charge on any atom is -0.486 e. The number of rotatable bonds is 1. The number of hydrogen-bond donors (Lipinski definition) is 0. The zero-order valence-corrected chi connectivity index (χ0v) is 9.85. The first-order chi connectivity index (χ1) is 7.75. The maximum Gasteiger partial charge on any atom is 0.238 e. The summed E-state index contributed by atoms with van der Waals surface area (Å²) in [7, 11) is 0. The second kappa shape index (κ2) is 3.70. The van der Waals surface area contributed by atoms with E-state index < -0.39 is 0 Å². The summed E-state index contributed by atoms with van der Waals surface area (Å²) in [6, 6.07) is 2.95. The van der Waals surface area contributed by atoms with E-state index >= 15 is 0 Å². The molecule has 1 aromatic heterocycles. The fraction of sp³-hybridized carbons (Fsp3) is 0.667. The van der Waals surface area contributed by atoms with Gasteiger partial charge in [-0.2, -0.15) is 0 Å². The molecule has 0 aliphatic carbocycles. The van der Waals surface area contributed by atoms with Gasteiger partial charge >= 0.3 is 0 Å². The largest absolute Gasteiger partial charge is 0.486 e. The van der Waals surface area contributed by atoms with Gasteiger partial charge < -0.3 is 14.1 Å². The lowest BCUT2D eigenvalue weighted by atomic mass is 10.1. The van der Waals surface area contributed by atoms with E-state index in [4.69, 9.17) is 9.15 Å². The molecule has 1 atom stereocenters. The molecule has 88 valence electrons. The van der Waals surface area contributed by atoms with Crippen LogP contribution in [0.3, 0.4) is 0 Å². The minimum absolute atomic E-state index is 0.440. The van der Waals surface area contributed by atoms with E-state index in [1.165, 1.54) is 0 Å². The molecule has 2 aliphatic heterocycles. The van der Waals surface area contributed by atoms with Crippen molar-refractivity contribution in [1.29, 1.82) is 0 Å². The van der Waals surface area contributed by atoms with Crippen molar-refractivity contribution >= 4 is 5.88 Å². The van der Waals surface area contributed by atoms with E-state index in [-0.39, 0.29) is 0 Å². The third-order valence-electron chi connectivity index (χ3n) is 3.55. The summed E-state index contributed by atoms with van der Waals surface area (Å²) in [6.07, 6.45) is 1.71. The van der Waals surface area contributed by atoms with Crippen LogP contribution in [0.1, 0.15) is 13.8 Å². The first-order valence-electron chi connectivity index (χ1n) is 5.96. The van der Waals surface area contributed by atoms with Crippen LogP contribution in [0.15, 0.2) is 16.7 Å². The fourth-order valence-electron chi connectivity index (χ4n) is 2.55. The van der Waals surface area contributed by atoms with Gasteiger partial charge in [-0.3, -0.25) is 4.90 Å². The number of ether oxygens (including phenoxy) is 1. The van der Waals surface area contributed by atoms with Gasteiger partial charge in [-0.1, -0.05) is 0 Å². The topological polar surface area (TPSA) is 28.9 Å². The van der Waals surface area contributed by atoms with E-state index in [1.54, 1.807) is 6.26 Å². The number of furan rings is 1. The van der Waals surface area contributed by atoms with Gasteiger partial charge in [-0.25, -0.2) is 0 Å². The molecule has 0 bridgehead atoms. The van der Waals surface area contributed by atoms with Gasteiger partial charge in [-0.15, -0.1) is 0 Å². The average molecular weight is 222 g/mol. The Morgan fingerprint density at radius 2 is 2.25 bits per heavy atom. The summed E-state index contributed by atoms with van der Waals surface area (Å²) in [5, 5.41) is 0. The zero-order valence-electron chi connectivity index (χ0n) is 9.85. The molecule has 0 aromatic carbocycles. The Kier molecular flexibility index (Phi) is 2.32. The van der Waals surface area contributed by atoms with Crippen LogP contribution in [0.4, 0.5) is 5.88 Å². The summed E-state index contributed by atoms with van der Waals surface area (Å²) in [5.74, 6) is 1.81. The van der Waals surface area contributed by atoms with Gasteiger partial charge in [-0.05, 0) is 13.8 Å². The van der Waals surface area contributed by atoms with Crippen LogP contribution in [0.25, 0.3) is 0 Å². The van der Waals surface area contributed by atoms with Crippen LogP contribution >= 0.6 is 0 Å². The van der Waals surface area contributed by atoms with Crippen molar-refractivity contribution in [2.45, 2.75) is 25.9 Å². The Hall–Kier alpha value is -1.16. The molecule has 4 heteroatoms. The summed E-state index contributed by atoms with van der Waals surface area (Å²) in [5.41, 5.74) is 0. The fourth-order valence-corrected chi connectivity index (χ4v) is 2.55. The van der Waals surface area contributed by atoms with Crippen molar-refractivity contribution in [2.24, 2.45) is 0 Å². The van der Waals surface area contributed by atoms with Crippen molar-refractivity contribution in [3.63, 3.8) is 0 Å². The number of fused-ring (bicyclic) bond motifs is 3. The molecule has 1 fully saturated rings. The second-order valence-corrected chi connectivity index (χ2v) is 4.84. The highest BCUT2D eigenvalue weighted by atomic mass is 16.5. The number of piperazine rings is 1. The molecule has 2 aliphatic rings. The molecule has 1 saturated heterocycles. The first kappa shape index (κ1) is 10.0. The SMILES string of the molecule is CC(C)N1CCN2c3occc3OC[C@H]2C1. The van der Waals surface area contributed by atoms with Crippen LogP contribution < -0.4 is 9.64 Å². The predicted molar refractivity (Wildman–Crippen MR) is 62.0 cm³/mol. The second-order valence-electron chi connectivity index (χ2n) is 4.84. The van der Waals surface area contributed by atoms with Crippen molar-refractivity contribution in [3.8, 4) is 5.75 Å². The highest BCUT2D eigenvalue weighted by Gasteiger charge is 2.35. The third-order valence-corrected chi connectivity index (χ3v) is 3.55. The van der Waals surface area contributed by atoms with Crippen LogP contribution in [0.2, 0.25) is 0 Å². The smallest absolute Gasteiger partial charge is 0.238 e. The Morgan fingerprint density at radius 3 is 3.06 bits per heavy atom. The quantitative estimate of drug-likeness (QED) is 0.721. The molecule has 0 N–H and O–H groups in total. The lowest BCUT2D eigenvalue weighted by Gasteiger charge is -2.44. The van der Waals surface area contributed by atoms with E-state index in [9.17, 15) is 0 Å². The van der Waals surface area contributed by atoms with Gasteiger partial charge in [0.25, 0.3) is 0 Å². The van der Waals surface area contributed by atoms with E-state index in [0.717, 1.165) is 37.9 Å². The van der Waals surface area contributed by atoms with Crippen molar-refractivity contribution in [2.75, 3.05) is 31.1 Å². The average Bonchev–Trinajstić information content (AvgIpc) is 2.76. The molecule has 0 amide bonds. The molecular formula is C12H18N2O2. The van der Waals surface area contributed by atoms with Gasteiger partial charge in [0.2, 0.25) is 5.88 Å². The summed E-state index contributed by atoms with van der Waals surface area (Å²) >= 11 is 0. The molecular weight excluding hydrogens is 204 g/mol. The van der Waals surface area contributed by atoms with Gasteiger partial charge in [0.15, 0.2) is 5.75 Å². The molecule has 3 rings (SSSR count). The minimum atomic E-state index is 0.440. The molecule has 0 saturated carbocycles. The number of nitrogens with zero attached hydrogens (tertiary/aromatic N) is 2. The number of hydrogen-bond acceptors (Lipinski definition) is 4. The van der Waals surface area contributed by atoms with E-state index in [1.807, 2.05) is 6.07 Å². The summed E-state index contributed by atoms with van der Waals surface area (Å²) < 4.78 is 11.2. The Bertz CT molecular complexity index is 375. The molecule has 1 aromatic rings. The summed E-state index contributed by atoms with van der Waals surface area (Å²) in [6.45, 7) is 8.48.